The van der Waals surface area contributed by atoms with Gasteiger partial charge in [0.1, 0.15) is 5.75 Å². The van der Waals surface area contributed by atoms with E-state index in [9.17, 15) is 13.2 Å². The molecule has 0 radical (unpaired) electrons. The number of hydrogen-bond donors (Lipinski definition) is 3. The van der Waals surface area contributed by atoms with Crippen LogP contribution < -0.4 is 20.9 Å². The third-order valence-electron chi connectivity index (χ3n) is 4.01. The number of nitrogens with two attached hydrogens (primary N) is 2. The minimum atomic E-state index is -3.69. The minimum absolute atomic E-state index is 0. The first-order valence-corrected chi connectivity index (χ1v) is 10.6. The molecule has 0 heterocycles. The van der Waals surface area contributed by atoms with Gasteiger partial charge in [-0.15, -0.1) is 24.2 Å². The van der Waals surface area contributed by atoms with Crippen LogP contribution in [0.5, 0.6) is 5.75 Å². The SMILES string of the molecule is CC(C)C(C)(CN)NC(=O)CSCCOc1ccc(S(N)(=O)=O)cc1.Cl. The molecular formula is C16H28ClN3O4S2. The second-order valence-electron chi connectivity index (χ2n) is 6.24. The second-order valence-corrected chi connectivity index (χ2v) is 8.91. The molecule has 1 amide bonds. The topological polar surface area (TPSA) is 125 Å². The molecular weight excluding hydrogens is 398 g/mol. The standard InChI is InChI=1S/C16H27N3O4S2.ClH/c1-12(2)16(3,11-17)19-15(20)10-24-9-8-23-13-4-6-14(7-5-13)25(18,21)22;/h4-7,12H,8-11,17H2,1-3H3,(H,19,20)(H2,18,21,22);1H. The van der Waals surface area contributed by atoms with Crippen LogP contribution in [0.15, 0.2) is 29.2 Å². The summed E-state index contributed by atoms with van der Waals surface area (Å²) in [7, 11) is -3.69. The monoisotopic (exact) mass is 425 g/mol. The molecule has 0 aliphatic rings. The molecule has 1 rings (SSSR count). The molecule has 0 aromatic heterocycles. The molecule has 0 aliphatic carbocycles. The average Bonchev–Trinajstić information content (AvgIpc) is 2.53. The Balaban J connectivity index is 0.00000625. The molecule has 0 bridgehead atoms. The van der Waals surface area contributed by atoms with Crippen molar-refractivity contribution in [1.29, 1.82) is 0 Å². The fourth-order valence-corrected chi connectivity index (χ4v) is 3.01. The predicted octanol–water partition coefficient (Wildman–Crippen LogP) is 1.36. The Bertz CT molecular complexity index is 669. The van der Waals surface area contributed by atoms with Crippen molar-refractivity contribution in [2.24, 2.45) is 16.8 Å². The van der Waals surface area contributed by atoms with Crippen molar-refractivity contribution in [1.82, 2.24) is 5.32 Å². The van der Waals surface area contributed by atoms with Gasteiger partial charge in [0.25, 0.3) is 0 Å². The van der Waals surface area contributed by atoms with E-state index in [-0.39, 0.29) is 29.1 Å². The van der Waals surface area contributed by atoms with Crippen LogP contribution in [-0.4, -0.2) is 44.5 Å². The highest BCUT2D eigenvalue weighted by Gasteiger charge is 2.28. The van der Waals surface area contributed by atoms with E-state index in [1.807, 2.05) is 20.8 Å². The first-order chi connectivity index (χ1) is 11.6. The summed E-state index contributed by atoms with van der Waals surface area (Å²) in [6.45, 7) is 6.78. The van der Waals surface area contributed by atoms with Gasteiger partial charge in [-0.2, -0.15) is 0 Å². The summed E-state index contributed by atoms with van der Waals surface area (Å²) in [5.41, 5.74) is 5.34. The lowest BCUT2D eigenvalue weighted by molar-refractivity contribution is -0.120. The highest BCUT2D eigenvalue weighted by Crippen LogP contribution is 2.16. The number of halogens is 1. The van der Waals surface area contributed by atoms with Gasteiger partial charge in [-0.1, -0.05) is 13.8 Å². The van der Waals surface area contributed by atoms with Gasteiger partial charge in [0.2, 0.25) is 15.9 Å². The van der Waals surface area contributed by atoms with Gasteiger partial charge in [-0.05, 0) is 37.1 Å². The molecule has 0 spiro atoms. The van der Waals surface area contributed by atoms with Gasteiger partial charge in [-0.3, -0.25) is 4.79 Å². The Labute approximate surface area is 166 Å². The van der Waals surface area contributed by atoms with E-state index < -0.39 is 15.6 Å². The van der Waals surface area contributed by atoms with E-state index in [4.69, 9.17) is 15.6 Å². The second kappa shape index (κ2) is 11.0. The normalized spacial score (nSPS) is 13.6. The van der Waals surface area contributed by atoms with Crippen molar-refractivity contribution >= 4 is 40.1 Å². The Morgan fingerprint density at radius 3 is 2.35 bits per heavy atom. The lowest BCUT2D eigenvalue weighted by atomic mass is 9.88. The number of nitrogens with one attached hydrogen (secondary N) is 1. The van der Waals surface area contributed by atoms with Gasteiger partial charge in [0, 0.05) is 12.3 Å². The van der Waals surface area contributed by atoms with Gasteiger partial charge < -0.3 is 15.8 Å². The maximum Gasteiger partial charge on any atom is 0.238 e. The number of primary sulfonamides is 1. The summed E-state index contributed by atoms with van der Waals surface area (Å²) >= 11 is 1.46. The Morgan fingerprint density at radius 1 is 1.31 bits per heavy atom. The van der Waals surface area contributed by atoms with Gasteiger partial charge in [-0.25, -0.2) is 13.6 Å². The molecule has 150 valence electrons. The number of carbonyl (C=O) groups is 1. The van der Waals surface area contributed by atoms with E-state index >= 15 is 0 Å². The molecule has 0 fully saturated rings. The van der Waals surface area contributed by atoms with E-state index in [0.29, 0.717) is 30.4 Å². The molecule has 0 saturated heterocycles. The lowest BCUT2D eigenvalue weighted by Gasteiger charge is -2.33. The van der Waals surface area contributed by atoms with Crippen LogP contribution in [0.4, 0.5) is 0 Å². The van der Waals surface area contributed by atoms with Crippen LogP contribution in [0.3, 0.4) is 0 Å². The molecule has 1 aromatic rings. The van der Waals surface area contributed by atoms with Crippen molar-refractivity contribution < 1.29 is 17.9 Å². The number of thioether (sulfide) groups is 1. The summed E-state index contributed by atoms with van der Waals surface area (Å²) in [6.07, 6.45) is 0. The molecule has 1 unspecified atom stereocenters. The molecule has 10 heteroatoms. The smallest absolute Gasteiger partial charge is 0.238 e. The number of rotatable bonds is 10. The van der Waals surface area contributed by atoms with Crippen molar-refractivity contribution in [3.63, 3.8) is 0 Å². The molecule has 5 N–H and O–H groups in total. The van der Waals surface area contributed by atoms with Gasteiger partial charge in [0.05, 0.1) is 22.8 Å². The van der Waals surface area contributed by atoms with Gasteiger partial charge in [0.15, 0.2) is 0 Å². The summed E-state index contributed by atoms with van der Waals surface area (Å²) in [5, 5.41) is 8.01. The molecule has 0 saturated carbocycles. The number of benzene rings is 1. The van der Waals surface area contributed by atoms with Gasteiger partial charge >= 0.3 is 0 Å². The third kappa shape index (κ3) is 8.13. The van der Waals surface area contributed by atoms with Crippen LogP contribution in [0.1, 0.15) is 20.8 Å². The van der Waals surface area contributed by atoms with E-state index in [1.165, 1.54) is 23.9 Å². The summed E-state index contributed by atoms with van der Waals surface area (Å²) in [6, 6.07) is 5.88. The third-order valence-corrected chi connectivity index (χ3v) is 5.86. The molecule has 1 atom stereocenters. The molecule has 26 heavy (non-hydrogen) atoms. The van der Waals surface area contributed by atoms with E-state index in [1.54, 1.807) is 12.1 Å². The maximum absolute atomic E-state index is 12.0. The van der Waals surface area contributed by atoms with Crippen molar-refractivity contribution in [2.45, 2.75) is 31.2 Å². The van der Waals surface area contributed by atoms with Crippen molar-refractivity contribution in [3.8, 4) is 5.75 Å². The van der Waals surface area contributed by atoms with Crippen molar-refractivity contribution in [3.05, 3.63) is 24.3 Å². The maximum atomic E-state index is 12.0. The fourth-order valence-electron chi connectivity index (χ4n) is 1.89. The zero-order valence-electron chi connectivity index (χ0n) is 15.2. The van der Waals surface area contributed by atoms with Crippen molar-refractivity contribution in [2.75, 3.05) is 24.7 Å². The highest BCUT2D eigenvalue weighted by molar-refractivity contribution is 7.99. The van der Waals surface area contributed by atoms with Crippen LogP contribution in [0.2, 0.25) is 0 Å². The number of carbonyl (C=O) groups excluding carboxylic acids is 1. The first-order valence-electron chi connectivity index (χ1n) is 7.93. The zero-order chi connectivity index (χ0) is 19.1. The Hall–Kier alpha value is -1.00. The van der Waals surface area contributed by atoms with E-state index in [2.05, 4.69) is 5.32 Å². The predicted molar refractivity (Wildman–Crippen MR) is 108 cm³/mol. The number of amides is 1. The van der Waals surface area contributed by atoms with Crippen LogP contribution >= 0.6 is 24.2 Å². The summed E-state index contributed by atoms with van der Waals surface area (Å²) in [5.74, 6) is 1.70. The largest absolute Gasteiger partial charge is 0.493 e. The summed E-state index contributed by atoms with van der Waals surface area (Å²) in [4.78, 5) is 12.0. The van der Waals surface area contributed by atoms with E-state index in [0.717, 1.165) is 0 Å². The number of hydrogen-bond acceptors (Lipinski definition) is 6. The zero-order valence-corrected chi connectivity index (χ0v) is 17.7. The Kier molecular flexibility index (Phi) is 10.6. The number of sulfonamides is 1. The molecule has 0 aliphatic heterocycles. The Morgan fingerprint density at radius 2 is 1.88 bits per heavy atom. The minimum Gasteiger partial charge on any atom is -0.493 e. The van der Waals surface area contributed by atoms with Crippen LogP contribution in [-0.2, 0) is 14.8 Å². The van der Waals surface area contributed by atoms with Crippen LogP contribution in [0.25, 0.3) is 0 Å². The van der Waals surface area contributed by atoms with Crippen LogP contribution in [0, 0.1) is 5.92 Å². The summed E-state index contributed by atoms with van der Waals surface area (Å²) < 4.78 is 27.8. The number of ether oxygens (including phenoxy) is 1. The molecule has 7 nitrogen and oxygen atoms in total. The lowest BCUT2D eigenvalue weighted by Crippen LogP contribution is -2.55. The first kappa shape index (κ1) is 25.0. The average molecular weight is 426 g/mol. The molecule has 1 aromatic carbocycles. The highest BCUT2D eigenvalue weighted by atomic mass is 35.5. The quantitative estimate of drug-likeness (QED) is 0.486. The fraction of sp³-hybridized carbons (Fsp3) is 0.562.